The maximum absolute atomic E-state index is 12.8. The number of aryl methyl sites for hydroxylation is 1. The minimum atomic E-state index is -3.78. The maximum atomic E-state index is 12.8. The van der Waals surface area contributed by atoms with Gasteiger partial charge in [-0.25, -0.2) is 16.8 Å². The Balaban J connectivity index is 2.46. The van der Waals surface area contributed by atoms with Gasteiger partial charge >= 0.3 is 0 Å². The molecule has 0 saturated carbocycles. The summed E-state index contributed by atoms with van der Waals surface area (Å²) in [7, 11) is -6.94. The molecule has 1 aromatic carbocycles. The number of sulfonamides is 1. The summed E-state index contributed by atoms with van der Waals surface area (Å²) in [6.07, 6.45) is 0.312. The van der Waals surface area contributed by atoms with Crippen LogP contribution in [-0.2, 0) is 19.9 Å². The van der Waals surface area contributed by atoms with Crippen LogP contribution in [0.2, 0.25) is 0 Å². The lowest BCUT2D eigenvalue weighted by atomic mass is 10.1. The lowest BCUT2D eigenvalue weighted by molar-refractivity contribution is 0.434. The first-order valence-corrected chi connectivity index (χ1v) is 9.97. The first kappa shape index (κ1) is 16.3. The Bertz CT molecular complexity index is 755. The molecular weight excluding hydrogens is 312 g/mol. The molecule has 0 atom stereocenters. The molecule has 2 N–H and O–H groups in total. The highest BCUT2D eigenvalue weighted by molar-refractivity contribution is 7.91. The Morgan fingerprint density at radius 1 is 1.14 bits per heavy atom. The van der Waals surface area contributed by atoms with Crippen molar-refractivity contribution in [2.24, 2.45) is 0 Å². The van der Waals surface area contributed by atoms with Gasteiger partial charge in [0.15, 0.2) is 9.84 Å². The zero-order valence-electron chi connectivity index (χ0n) is 12.2. The predicted octanol–water partition coefficient (Wildman–Crippen LogP) is 0.695. The Hall–Kier alpha value is -1.12. The van der Waals surface area contributed by atoms with Crippen molar-refractivity contribution in [2.45, 2.75) is 25.2 Å². The molecule has 1 fully saturated rings. The van der Waals surface area contributed by atoms with Crippen molar-refractivity contribution < 1.29 is 16.8 Å². The SMILES string of the molecule is Cc1ccc(N)c(S(=O)(=O)N2CCCS(=O)(=O)CC2)c1C. The number of benzene rings is 1. The van der Waals surface area contributed by atoms with Crippen LogP contribution < -0.4 is 5.73 Å². The second-order valence-corrected chi connectivity index (χ2v) is 9.51. The third kappa shape index (κ3) is 3.22. The van der Waals surface area contributed by atoms with Crippen molar-refractivity contribution in [1.82, 2.24) is 4.31 Å². The average molecular weight is 332 g/mol. The van der Waals surface area contributed by atoms with E-state index in [2.05, 4.69) is 0 Å². The zero-order chi connectivity index (χ0) is 15.8. The Labute approximate surface area is 125 Å². The van der Waals surface area contributed by atoms with E-state index in [-0.39, 0.29) is 35.2 Å². The van der Waals surface area contributed by atoms with Crippen LogP contribution in [0.5, 0.6) is 0 Å². The van der Waals surface area contributed by atoms with Gasteiger partial charge in [0.25, 0.3) is 0 Å². The van der Waals surface area contributed by atoms with Gasteiger partial charge in [-0.1, -0.05) is 6.07 Å². The van der Waals surface area contributed by atoms with E-state index in [1.807, 2.05) is 6.92 Å². The monoisotopic (exact) mass is 332 g/mol. The van der Waals surface area contributed by atoms with Gasteiger partial charge in [0.05, 0.1) is 17.2 Å². The number of nitrogens with zero attached hydrogens (tertiary/aromatic N) is 1. The van der Waals surface area contributed by atoms with Crippen molar-refractivity contribution in [3.63, 3.8) is 0 Å². The first-order chi connectivity index (χ1) is 9.65. The summed E-state index contributed by atoms with van der Waals surface area (Å²) in [5, 5.41) is 0. The molecule has 1 heterocycles. The second-order valence-electron chi connectivity index (χ2n) is 5.34. The lowest BCUT2D eigenvalue weighted by Crippen LogP contribution is -2.34. The molecule has 0 aliphatic carbocycles. The highest BCUT2D eigenvalue weighted by atomic mass is 32.2. The third-order valence-electron chi connectivity index (χ3n) is 3.82. The van der Waals surface area contributed by atoms with E-state index in [1.54, 1.807) is 19.1 Å². The van der Waals surface area contributed by atoms with Crippen LogP contribution in [0.1, 0.15) is 17.5 Å². The largest absolute Gasteiger partial charge is 0.398 e. The standard InChI is InChI=1S/C13H20N2O4S2/c1-10-4-5-12(14)13(11(10)2)21(18,19)15-6-3-8-20(16,17)9-7-15/h4-5H,3,6-9,14H2,1-2H3. The van der Waals surface area contributed by atoms with Gasteiger partial charge in [-0.15, -0.1) is 0 Å². The van der Waals surface area contributed by atoms with Crippen molar-refractivity contribution >= 4 is 25.5 Å². The Kier molecular flexibility index (Phi) is 4.32. The van der Waals surface area contributed by atoms with Crippen LogP contribution in [0, 0.1) is 13.8 Å². The number of nitrogens with two attached hydrogens (primary N) is 1. The van der Waals surface area contributed by atoms with Gasteiger partial charge in [-0.05, 0) is 37.5 Å². The quantitative estimate of drug-likeness (QED) is 0.804. The minimum Gasteiger partial charge on any atom is -0.398 e. The van der Waals surface area contributed by atoms with Gasteiger partial charge in [0.1, 0.15) is 4.90 Å². The van der Waals surface area contributed by atoms with Crippen LogP contribution in [0.25, 0.3) is 0 Å². The molecule has 0 aromatic heterocycles. The fourth-order valence-electron chi connectivity index (χ4n) is 2.44. The molecule has 0 unspecified atom stereocenters. The molecule has 0 amide bonds. The van der Waals surface area contributed by atoms with E-state index >= 15 is 0 Å². The molecular formula is C13H20N2O4S2. The fraction of sp³-hybridized carbons (Fsp3) is 0.538. The molecule has 1 aliphatic rings. The number of hydrogen-bond acceptors (Lipinski definition) is 5. The molecule has 118 valence electrons. The number of hydrogen-bond donors (Lipinski definition) is 1. The van der Waals surface area contributed by atoms with Crippen molar-refractivity contribution in [2.75, 3.05) is 30.3 Å². The minimum absolute atomic E-state index is 0.0164. The van der Waals surface area contributed by atoms with E-state index < -0.39 is 19.9 Å². The molecule has 1 aromatic rings. The second kappa shape index (κ2) is 5.58. The van der Waals surface area contributed by atoms with E-state index in [1.165, 1.54) is 4.31 Å². The van der Waals surface area contributed by atoms with Crippen LogP contribution in [-0.4, -0.2) is 45.7 Å². The molecule has 1 saturated heterocycles. The Morgan fingerprint density at radius 2 is 1.81 bits per heavy atom. The van der Waals surface area contributed by atoms with Crippen molar-refractivity contribution in [3.05, 3.63) is 23.3 Å². The van der Waals surface area contributed by atoms with Crippen LogP contribution in [0.3, 0.4) is 0 Å². The van der Waals surface area contributed by atoms with Crippen molar-refractivity contribution in [3.8, 4) is 0 Å². The Morgan fingerprint density at radius 3 is 2.48 bits per heavy atom. The fourth-order valence-corrected chi connectivity index (χ4v) is 5.70. The van der Waals surface area contributed by atoms with E-state index in [4.69, 9.17) is 5.73 Å². The molecule has 1 aliphatic heterocycles. The van der Waals surface area contributed by atoms with Gasteiger partial charge in [-0.3, -0.25) is 0 Å². The number of anilines is 1. The topological polar surface area (TPSA) is 97.5 Å². The smallest absolute Gasteiger partial charge is 0.245 e. The zero-order valence-corrected chi connectivity index (χ0v) is 13.8. The van der Waals surface area contributed by atoms with E-state index in [0.29, 0.717) is 12.0 Å². The molecule has 0 bridgehead atoms. The van der Waals surface area contributed by atoms with Crippen LogP contribution >= 0.6 is 0 Å². The van der Waals surface area contributed by atoms with E-state index in [0.717, 1.165) is 5.56 Å². The highest BCUT2D eigenvalue weighted by Crippen LogP contribution is 2.29. The van der Waals surface area contributed by atoms with Gasteiger partial charge in [0.2, 0.25) is 10.0 Å². The molecule has 8 heteroatoms. The van der Waals surface area contributed by atoms with Crippen molar-refractivity contribution in [1.29, 1.82) is 0 Å². The molecule has 2 rings (SSSR count). The number of sulfone groups is 1. The van der Waals surface area contributed by atoms with Gasteiger partial charge in [-0.2, -0.15) is 4.31 Å². The summed E-state index contributed by atoms with van der Waals surface area (Å²) < 4.78 is 50.1. The normalized spacial score (nSPS) is 20.1. The van der Waals surface area contributed by atoms with E-state index in [9.17, 15) is 16.8 Å². The summed E-state index contributed by atoms with van der Waals surface area (Å²) in [5.74, 6) is -0.113. The summed E-state index contributed by atoms with van der Waals surface area (Å²) in [6, 6.07) is 3.35. The van der Waals surface area contributed by atoms with Crippen LogP contribution in [0.15, 0.2) is 17.0 Å². The summed E-state index contributed by atoms with van der Waals surface area (Å²) in [6.45, 7) is 3.72. The predicted molar refractivity (Wildman–Crippen MR) is 82.4 cm³/mol. The maximum Gasteiger partial charge on any atom is 0.245 e. The third-order valence-corrected chi connectivity index (χ3v) is 7.64. The number of rotatable bonds is 2. The molecule has 21 heavy (non-hydrogen) atoms. The molecule has 0 radical (unpaired) electrons. The molecule has 6 nitrogen and oxygen atoms in total. The number of nitrogen functional groups attached to an aromatic ring is 1. The molecule has 0 spiro atoms. The first-order valence-electron chi connectivity index (χ1n) is 6.71. The average Bonchev–Trinajstić information content (AvgIpc) is 2.55. The van der Waals surface area contributed by atoms with Gasteiger partial charge < -0.3 is 5.73 Å². The van der Waals surface area contributed by atoms with Gasteiger partial charge in [0, 0.05) is 13.1 Å². The highest BCUT2D eigenvalue weighted by Gasteiger charge is 2.31. The van der Waals surface area contributed by atoms with Crippen LogP contribution in [0.4, 0.5) is 5.69 Å². The summed E-state index contributed by atoms with van der Waals surface area (Å²) in [4.78, 5) is 0.0989. The summed E-state index contributed by atoms with van der Waals surface area (Å²) >= 11 is 0. The summed E-state index contributed by atoms with van der Waals surface area (Å²) in [5.41, 5.74) is 7.50. The lowest BCUT2D eigenvalue weighted by Gasteiger charge is -2.22.